The lowest BCUT2D eigenvalue weighted by molar-refractivity contribution is 0.669. The first-order valence-corrected chi connectivity index (χ1v) is 17.8. The highest BCUT2D eigenvalue weighted by Gasteiger charge is 2.23. The average Bonchev–Trinajstić information content (AvgIpc) is 3.94. The Morgan fingerprint density at radius 1 is 0.308 bits per heavy atom. The van der Waals surface area contributed by atoms with Crippen molar-refractivity contribution in [3.05, 3.63) is 176 Å². The molecule has 0 bridgehead atoms. The zero-order chi connectivity index (χ0) is 33.9. The van der Waals surface area contributed by atoms with Crippen molar-refractivity contribution >= 4 is 87.4 Å². The molecule has 4 heterocycles. The Kier molecular flexibility index (Phi) is 5.47. The maximum absolute atomic E-state index is 6.38. The van der Waals surface area contributed by atoms with Gasteiger partial charge >= 0.3 is 0 Å². The van der Waals surface area contributed by atoms with Gasteiger partial charge in [0, 0.05) is 49.1 Å². The summed E-state index contributed by atoms with van der Waals surface area (Å²) in [5.41, 5.74) is 12.3. The SMILES string of the molecule is c1ccc(-n2c3ccccc3c3cc(-n4c5ccccc5c5ccc6c(c7ccccc7n6-c6cccc7oc8ccccc8c67)c54)ccc32)cc1. The zero-order valence-electron chi connectivity index (χ0n) is 28.0. The molecule has 0 fully saturated rings. The summed E-state index contributed by atoms with van der Waals surface area (Å²) in [4.78, 5) is 0. The maximum Gasteiger partial charge on any atom is 0.137 e. The van der Waals surface area contributed by atoms with Gasteiger partial charge in [-0.15, -0.1) is 0 Å². The maximum atomic E-state index is 6.38. The van der Waals surface area contributed by atoms with Crippen molar-refractivity contribution < 1.29 is 4.42 Å². The number of hydrogen-bond donors (Lipinski definition) is 0. The third kappa shape index (κ3) is 3.60. The van der Waals surface area contributed by atoms with Crippen LogP contribution < -0.4 is 0 Å². The molecule has 0 aliphatic heterocycles. The average molecular weight is 664 g/mol. The Morgan fingerprint density at radius 2 is 0.904 bits per heavy atom. The monoisotopic (exact) mass is 663 g/mol. The molecule has 0 aliphatic rings. The fraction of sp³-hybridized carbons (Fsp3) is 0. The van der Waals surface area contributed by atoms with Crippen molar-refractivity contribution in [1.29, 1.82) is 0 Å². The van der Waals surface area contributed by atoms with Crippen molar-refractivity contribution in [3.63, 3.8) is 0 Å². The van der Waals surface area contributed by atoms with Gasteiger partial charge in [-0.25, -0.2) is 0 Å². The lowest BCUT2D eigenvalue weighted by atomic mass is 10.1. The van der Waals surface area contributed by atoms with Gasteiger partial charge in [-0.2, -0.15) is 0 Å². The number of hydrogen-bond acceptors (Lipinski definition) is 1. The summed E-state index contributed by atoms with van der Waals surface area (Å²) in [5, 5.41) is 9.66. The summed E-state index contributed by atoms with van der Waals surface area (Å²) in [6, 6.07) is 63.5. The van der Waals surface area contributed by atoms with Gasteiger partial charge < -0.3 is 18.1 Å². The van der Waals surface area contributed by atoms with E-state index >= 15 is 0 Å². The number of rotatable bonds is 3. The molecule has 12 aromatic rings. The molecule has 52 heavy (non-hydrogen) atoms. The van der Waals surface area contributed by atoms with Crippen LogP contribution in [0, 0.1) is 0 Å². The summed E-state index contributed by atoms with van der Waals surface area (Å²) in [6.07, 6.45) is 0. The molecule has 12 rings (SSSR count). The van der Waals surface area contributed by atoms with E-state index in [-0.39, 0.29) is 0 Å². The van der Waals surface area contributed by atoms with Crippen LogP contribution in [0.2, 0.25) is 0 Å². The van der Waals surface area contributed by atoms with E-state index in [4.69, 9.17) is 4.42 Å². The second-order valence-electron chi connectivity index (χ2n) is 13.7. The summed E-state index contributed by atoms with van der Waals surface area (Å²) in [6.45, 7) is 0. The first-order chi connectivity index (χ1) is 25.8. The minimum Gasteiger partial charge on any atom is -0.456 e. The third-order valence-electron chi connectivity index (χ3n) is 11.0. The second kappa shape index (κ2) is 10.3. The van der Waals surface area contributed by atoms with E-state index in [2.05, 4.69) is 184 Å². The van der Waals surface area contributed by atoms with Crippen LogP contribution in [0.25, 0.3) is 104 Å². The van der Waals surface area contributed by atoms with Gasteiger partial charge in [0.1, 0.15) is 11.2 Å². The van der Waals surface area contributed by atoms with Gasteiger partial charge in [0.15, 0.2) is 0 Å². The Morgan fingerprint density at radius 3 is 1.71 bits per heavy atom. The highest BCUT2D eigenvalue weighted by atomic mass is 16.3. The molecule has 4 aromatic heterocycles. The molecule has 0 unspecified atom stereocenters. The number of nitrogens with zero attached hydrogens (tertiary/aromatic N) is 3. The molecule has 4 heteroatoms. The summed E-state index contributed by atoms with van der Waals surface area (Å²) < 4.78 is 13.7. The molecule has 0 amide bonds. The normalized spacial score (nSPS) is 12.2. The molecule has 0 atom stereocenters. The molecular weight excluding hydrogens is 635 g/mol. The molecule has 0 N–H and O–H groups in total. The van der Waals surface area contributed by atoms with E-state index in [0.717, 1.165) is 44.5 Å². The van der Waals surface area contributed by atoms with Crippen LogP contribution in [-0.4, -0.2) is 13.7 Å². The first kappa shape index (κ1) is 27.7. The molecule has 0 spiro atoms. The second-order valence-corrected chi connectivity index (χ2v) is 13.7. The number of furan rings is 1. The predicted molar refractivity (Wildman–Crippen MR) is 217 cm³/mol. The van der Waals surface area contributed by atoms with Crippen molar-refractivity contribution in [2.75, 3.05) is 0 Å². The van der Waals surface area contributed by atoms with Crippen LogP contribution in [0.3, 0.4) is 0 Å². The van der Waals surface area contributed by atoms with Crippen molar-refractivity contribution in [3.8, 4) is 17.1 Å². The molecule has 0 aliphatic carbocycles. The van der Waals surface area contributed by atoms with E-state index in [0.29, 0.717) is 0 Å². The number of aromatic nitrogens is 3. The van der Waals surface area contributed by atoms with E-state index < -0.39 is 0 Å². The van der Waals surface area contributed by atoms with Crippen molar-refractivity contribution in [1.82, 2.24) is 13.7 Å². The molecule has 0 radical (unpaired) electrons. The Hall–Kier alpha value is -7.04. The van der Waals surface area contributed by atoms with E-state index in [1.165, 1.54) is 59.9 Å². The van der Waals surface area contributed by atoms with Crippen LogP contribution in [-0.2, 0) is 0 Å². The smallest absolute Gasteiger partial charge is 0.137 e. The molecule has 8 aromatic carbocycles. The van der Waals surface area contributed by atoms with Crippen LogP contribution >= 0.6 is 0 Å². The fourth-order valence-electron chi connectivity index (χ4n) is 8.93. The number of para-hydroxylation sites is 5. The quantitative estimate of drug-likeness (QED) is 0.185. The Balaban J connectivity index is 1.22. The fourth-order valence-corrected chi connectivity index (χ4v) is 8.93. The first-order valence-electron chi connectivity index (χ1n) is 17.8. The topological polar surface area (TPSA) is 27.9 Å². The lowest BCUT2D eigenvalue weighted by Gasteiger charge is -2.12. The minimum absolute atomic E-state index is 0.891. The molecule has 242 valence electrons. The Bertz CT molecular complexity index is 3410. The van der Waals surface area contributed by atoms with Gasteiger partial charge in [-0.05, 0) is 72.8 Å². The highest BCUT2D eigenvalue weighted by Crippen LogP contribution is 2.44. The number of fused-ring (bicyclic) bond motifs is 13. The zero-order valence-corrected chi connectivity index (χ0v) is 28.0. The summed E-state index contributed by atoms with van der Waals surface area (Å²) in [7, 11) is 0. The van der Waals surface area contributed by atoms with Gasteiger partial charge in [-0.1, -0.05) is 103 Å². The van der Waals surface area contributed by atoms with E-state index in [1.807, 2.05) is 6.07 Å². The largest absolute Gasteiger partial charge is 0.456 e. The third-order valence-corrected chi connectivity index (χ3v) is 11.0. The van der Waals surface area contributed by atoms with Crippen LogP contribution in [0.15, 0.2) is 180 Å². The van der Waals surface area contributed by atoms with Gasteiger partial charge in [0.05, 0.1) is 44.2 Å². The van der Waals surface area contributed by atoms with Crippen LogP contribution in [0.4, 0.5) is 0 Å². The van der Waals surface area contributed by atoms with Crippen LogP contribution in [0.1, 0.15) is 0 Å². The van der Waals surface area contributed by atoms with E-state index in [1.54, 1.807) is 0 Å². The minimum atomic E-state index is 0.891. The Labute approximate surface area is 297 Å². The summed E-state index contributed by atoms with van der Waals surface area (Å²) >= 11 is 0. The predicted octanol–water partition coefficient (Wildman–Crippen LogP) is 12.9. The molecule has 0 saturated carbocycles. The van der Waals surface area contributed by atoms with Gasteiger partial charge in [-0.3, -0.25) is 0 Å². The van der Waals surface area contributed by atoms with Gasteiger partial charge in [0.25, 0.3) is 0 Å². The van der Waals surface area contributed by atoms with Crippen molar-refractivity contribution in [2.24, 2.45) is 0 Å². The molecule has 4 nitrogen and oxygen atoms in total. The highest BCUT2D eigenvalue weighted by molar-refractivity contribution is 6.27. The standard InChI is InChI=1S/C48H29N3O/c1-2-13-30(14-3-1)49-38-19-8-5-16-33(38)37-29-31(25-27-41(37)49)50-39-20-9-4-15-32(39)34-26-28-43-47(48(34)50)35-17-6-10-21-40(35)51(43)42-22-12-24-45-46(42)36-18-7-11-23-44(36)52-45/h1-29H. The van der Waals surface area contributed by atoms with Crippen LogP contribution in [0.5, 0.6) is 0 Å². The number of benzene rings is 8. The van der Waals surface area contributed by atoms with Gasteiger partial charge in [0.2, 0.25) is 0 Å². The van der Waals surface area contributed by atoms with E-state index in [9.17, 15) is 0 Å². The molecule has 0 saturated heterocycles. The summed E-state index contributed by atoms with van der Waals surface area (Å²) in [5.74, 6) is 0. The lowest BCUT2D eigenvalue weighted by Crippen LogP contribution is -1.96. The molecular formula is C48H29N3O. The van der Waals surface area contributed by atoms with Crippen molar-refractivity contribution in [2.45, 2.75) is 0 Å².